The second-order valence-corrected chi connectivity index (χ2v) is 3.62. The topological polar surface area (TPSA) is 70.5 Å². The van der Waals surface area contributed by atoms with Gasteiger partial charge >= 0.3 is 5.97 Å². The van der Waals surface area contributed by atoms with Crippen LogP contribution in [0.5, 0.6) is 0 Å². The first-order valence-corrected chi connectivity index (χ1v) is 4.97. The summed E-state index contributed by atoms with van der Waals surface area (Å²) in [7, 11) is 1.54. The predicted molar refractivity (Wildman–Crippen MR) is 58.5 cm³/mol. The van der Waals surface area contributed by atoms with Crippen molar-refractivity contribution in [3.63, 3.8) is 0 Å². The van der Waals surface area contributed by atoms with Crippen LogP contribution in [0.15, 0.2) is 18.3 Å². The molecular weight excluding hydrogens is 232 g/mol. The summed E-state index contributed by atoms with van der Waals surface area (Å²) in [5.74, 6) is -1.21. The fraction of sp³-hybridized carbons (Fsp3) is 0.300. The van der Waals surface area contributed by atoms with Gasteiger partial charge in [0.1, 0.15) is 5.15 Å². The largest absolute Gasteiger partial charge is 0.481 e. The van der Waals surface area contributed by atoms with Gasteiger partial charge in [0.05, 0.1) is 6.42 Å². The molecular formula is C10H11ClN2O3. The molecule has 0 atom stereocenters. The SMILES string of the molecule is CN(CCC(=O)O)C(=O)c1ccnc(Cl)c1. The van der Waals surface area contributed by atoms with Gasteiger partial charge in [0.2, 0.25) is 0 Å². The zero-order valence-electron chi connectivity index (χ0n) is 8.68. The van der Waals surface area contributed by atoms with Crippen molar-refractivity contribution in [3.8, 4) is 0 Å². The van der Waals surface area contributed by atoms with Crippen molar-refractivity contribution in [1.82, 2.24) is 9.88 Å². The van der Waals surface area contributed by atoms with Crippen LogP contribution in [0.2, 0.25) is 5.15 Å². The van der Waals surface area contributed by atoms with Crippen molar-refractivity contribution < 1.29 is 14.7 Å². The minimum atomic E-state index is -0.938. The third kappa shape index (κ3) is 3.51. The third-order valence-corrected chi connectivity index (χ3v) is 2.19. The number of hydrogen-bond donors (Lipinski definition) is 1. The van der Waals surface area contributed by atoms with Crippen LogP contribution in [-0.4, -0.2) is 40.5 Å². The molecule has 0 bridgehead atoms. The van der Waals surface area contributed by atoms with Crippen molar-refractivity contribution in [1.29, 1.82) is 0 Å². The molecule has 0 aliphatic rings. The first-order valence-electron chi connectivity index (χ1n) is 4.59. The molecule has 1 aromatic heterocycles. The number of nitrogens with zero attached hydrogens (tertiary/aromatic N) is 2. The molecule has 1 heterocycles. The molecule has 16 heavy (non-hydrogen) atoms. The number of carboxylic acid groups (broad SMARTS) is 1. The Hall–Kier alpha value is -1.62. The van der Waals surface area contributed by atoms with Gasteiger partial charge in [-0.25, -0.2) is 4.98 Å². The number of carbonyl (C=O) groups excluding carboxylic acids is 1. The highest BCUT2D eigenvalue weighted by atomic mass is 35.5. The zero-order valence-corrected chi connectivity index (χ0v) is 9.44. The molecule has 0 spiro atoms. The summed E-state index contributed by atoms with van der Waals surface area (Å²) in [6, 6.07) is 2.98. The molecule has 0 radical (unpaired) electrons. The van der Waals surface area contributed by atoms with Crippen LogP contribution in [0.1, 0.15) is 16.8 Å². The monoisotopic (exact) mass is 242 g/mol. The summed E-state index contributed by atoms with van der Waals surface area (Å²) in [6.45, 7) is 0.161. The standard InChI is InChI=1S/C10H11ClN2O3/c1-13(5-3-9(14)15)10(16)7-2-4-12-8(11)6-7/h2,4,6H,3,5H2,1H3,(H,14,15). The molecule has 1 N–H and O–H groups in total. The lowest BCUT2D eigenvalue weighted by Crippen LogP contribution is -2.29. The maximum atomic E-state index is 11.8. The van der Waals surface area contributed by atoms with Gasteiger partial charge in [0, 0.05) is 25.4 Å². The normalized spacial score (nSPS) is 9.88. The number of halogens is 1. The van der Waals surface area contributed by atoms with E-state index in [9.17, 15) is 9.59 Å². The highest BCUT2D eigenvalue weighted by Gasteiger charge is 2.12. The number of rotatable bonds is 4. The third-order valence-electron chi connectivity index (χ3n) is 1.98. The van der Waals surface area contributed by atoms with Gasteiger partial charge in [-0.2, -0.15) is 0 Å². The van der Waals surface area contributed by atoms with E-state index in [4.69, 9.17) is 16.7 Å². The van der Waals surface area contributed by atoms with Gasteiger partial charge in [0.15, 0.2) is 0 Å². The highest BCUT2D eigenvalue weighted by molar-refractivity contribution is 6.29. The average Bonchev–Trinajstić information content (AvgIpc) is 2.24. The summed E-state index contributed by atoms with van der Waals surface area (Å²) >= 11 is 5.65. The van der Waals surface area contributed by atoms with Crippen LogP contribution in [0.25, 0.3) is 0 Å². The van der Waals surface area contributed by atoms with Crippen LogP contribution >= 0.6 is 11.6 Å². The fourth-order valence-corrected chi connectivity index (χ4v) is 1.29. The molecule has 0 aliphatic heterocycles. The zero-order chi connectivity index (χ0) is 12.1. The lowest BCUT2D eigenvalue weighted by molar-refractivity contribution is -0.137. The number of carbonyl (C=O) groups is 2. The fourth-order valence-electron chi connectivity index (χ4n) is 1.12. The Morgan fingerprint density at radius 2 is 2.25 bits per heavy atom. The molecule has 86 valence electrons. The van der Waals surface area contributed by atoms with E-state index in [1.165, 1.54) is 23.2 Å². The van der Waals surface area contributed by atoms with Gasteiger partial charge in [-0.05, 0) is 12.1 Å². The van der Waals surface area contributed by atoms with Gasteiger partial charge in [-0.15, -0.1) is 0 Å². The Kier molecular flexibility index (Phi) is 4.25. The Morgan fingerprint density at radius 1 is 1.56 bits per heavy atom. The van der Waals surface area contributed by atoms with E-state index in [0.717, 1.165) is 0 Å². The van der Waals surface area contributed by atoms with E-state index >= 15 is 0 Å². The minimum Gasteiger partial charge on any atom is -0.481 e. The molecule has 0 aliphatic carbocycles. The molecule has 0 saturated carbocycles. The highest BCUT2D eigenvalue weighted by Crippen LogP contribution is 2.09. The first-order chi connectivity index (χ1) is 7.50. The Balaban J connectivity index is 2.67. The second-order valence-electron chi connectivity index (χ2n) is 3.24. The quantitative estimate of drug-likeness (QED) is 0.808. The van der Waals surface area contributed by atoms with Gasteiger partial charge in [-0.3, -0.25) is 9.59 Å². The first kappa shape index (κ1) is 12.4. The van der Waals surface area contributed by atoms with E-state index in [-0.39, 0.29) is 24.0 Å². The van der Waals surface area contributed by atoms with Crippen LogP contribution in [0.4, 0.5) is 0 Å². The number of carboxylic acids is 1. The van der Waals surface area contributed by atoms with Gasteiger partial charge in [0.25, 0.3) is 5.91 Å². The van der Waals surface area contributed by atoms with Crippen molar-refractivity contribution >= 4 is 23.5 Å². The summed E-state index contributed by atoms with van der Waals surface area (Å²) in [6.07, 6.45) is 1.35. The van der Waals surface area contributed by atoms with E-state index < -0.39 is 5.97 Å². The minimum absolute atomic E-state index is 0.0823. The van der Waals surface area contributed by atoms with E-state index in [1.807, 2.05) is 0 Å². The van der Waals surface area contributed by atoms with Crippen molar-refractivity contribution in [3.05, 3.63) is 29.0 Å². The average molecular weight is 243 g/mol. The maximum Gasteiger partial charge on any atom is 0.305 e. The number of aliphatic carboxylic acids is 1. The molecule has 1 aromatic rings. The summed E-state index contributed by atoms with van der Waals surface area (Å²) in [5, 5.41) is 8.72. The van der Waals surface area contributed by atoms with Crippen molar-refractivity contribution in [2.75, 3.05) is 13.6 Å². The number of amides is 1. The summed E-state index contributed by atoms with van der Waals surface area (Å²) in [5.41, 5.74) is 0.396. The van der Waals surface area contributed by atoms with Crippen molar-refractivity contribution in [2.24, 2.45) is 0 Å². The Labute approximate surface area is 97.7 Å². The molecule has 1 amide bonds. The van der Waals surface area contributed by atoms with E-state index in [0.29, 0.717) is 5.56 Å². The molecule has 0 fully saturated rings. The van der Waals surface area contributed by atoms with Crippen LogP contribution in [-0.2, 0) is 4.79 Å². The second kappa shape index (κ2) is 5.46. The lowest BCUT2D eigenvalue weighted by Gasteiger charge is -2.15. The molecule has 6 heteroatoms. The Bertz CT molecular complexity index is 409. The molecule has 0 saturated heterocycles. The predicted octanol–water partition coefficient (Wildman–Crippen LogP) is 1.28. The molecule has 5 nitrogen and oxygen atoms in total. The summed E-state index contributed by atoms with van der Waals surface area (Å²) < 4.78 is 0. The maximum absolute atomic E-state index is 11.8. The van der Waals surface area contributed by atoms with Crippen molar-refractivity contribution in [2.45, 2.75) is 6.42 Å². The number of aromatic nitrogens is 1. The lowest BCUT2D eigenvalue weighted by atomic mass is 10.2. The van der Waals surface area contributed by atoms with Gasteiger partial charge < -0.3 is 10.0 Å². The smallest absolute Gasteiger partial charge is 0.305 e. The van der Waals surface area contributed by atoms with E-state index in [2.05, 4.69) is 4.98 Å². The molecule has 1 rings (SSSR count). The van der Waals surface area contributed by atoms with Crippen LogP contribution in [0.3, 0.4) is 0 Å². The number of hydrogen-bond acceptors (Lipinski definition) is 3. The Morgan fingerprint density at radius 3 is 2.81 bits per heavy atom. The van der Waals surface area contributed by atoms with E-state index in [1.54, 1.807) is 7.05 Å². The van der Waals surface area contributed by atoms with Crippen LogP contribution < -0.4 is 0 Å². The van der Waals surface area contributed by atoms with Crippen LogP contribution in [0, 0.1) is 0 Å². The number of pyridine rings is 1. The molecule has 0 unspecified atom stereocenters. The molecule has 0 aromatic carbocycles. The summed E-state index contributed by atoms with van der Waals surface area (Å²) in [4.78, 5) is 27.2. The van der Waals surface area contributed by atoms with Gasteiger partial charge in [-0.1, -0.05) is 11.6 Å².